The minimum atomic E-state index is -4.81. The SMILES string of the molecule is Cc1[nH]c2c(-c3ccccc3)c(C(F)(F)F)nn2c(=O)c1C(=O)O. The summed E-state index contributed by atoms with van der Waals surface area (Å²) in [6.07, 6.45) is -4.81. The van der Waals surface area contributed by atoms with E-state index >= 15 is 0 Å². The molecule has 0 bridgehead atoms. The van der Waals surface area contributed by atoms with Crippen molar-refractivity contribution < 1.29 is 23.1 Å². The number of carbonyl (C=O) groups is 1. The third-order valence-corrected chi connectivity index (χ3v) is 3.52. The Kier molecular flexibility index (Phi) is 3.43. The van der Waals surface area contributed by atoms with E-state index in [1.807, 2.05) is 0 Å². The molecule has 0 amide bonds. The monoisotopic (exact) mass is 337 g/mol. The molecule has 2 heterocycles. The molecule has 124 valence electrons. The fraction of sp³-hybridized carbons (Fsp3) is 0.133. The Labute approximate surface area is 132 Å². The van der Waals surface area contributed by atoms with E-state index in [1.54, 1.807) is 18.2 Å². The van der Waals surface area contributed by atoms with Crippen molar-refractivity contribution in [2.75, 3.05) is 0 Å². The van der Waals surface area contributed by atoms with Crippen LogP contribution in [0.4, 0.5) is 13.2 Å². The second-order valence-electron chi connectivity index (χ2n) is 5.08. The smallest absolute Gasteiger partial charge is 0.435 e. The number of aromatic carboxylic acids is 1. The molecular formula is C15H10F3N3O3. The number of carboxylic acids is 1. The predicted octanol–water partition coefficient (Wildman–Crippen LogP) is 2.72. The summed E-state index contributed by atoms with van der Waals surface area (Å²) < 4.78 is 40.5. The summed E-state index contributed by atoms with van der Waals surface area (Å²) in [5.74, 6) is -1.54. The zero-order valence-corrected chi connectivity index (χ0v) is 12.2. The second kappa shape index (κ2) is 5.22. The molecule has 0 saturated heterocycles. The van der Waals surface area contributed by atoms with Crippen molar-refractivity contribution in [1.29, 1.82) is 0 Å². The number of aromatic amines is 1. The molecule has 6 nitrogen and oxygen atoms in total. The van der Waals surface area contributed by atoms with Crippen LogP contribution >= 0.6 is 0 Å². The molecule has 0 radical (unpaired) electrons. The van der Waals surface area contributed by atoms with Crippen LogP contribution in [0.2, 0.25) is 0 Å². The second-order valence-corrected chi connectivity index (χ2v) is 5.08. The molecule has 3 aromatic rings. The van der Waals surface area contributed by atoms with Crippen LogP contribution in [-0.4, -0.2) is 25.7 Å². The summed E-state index contributed by atoms with van der Waals surface area (Å²) in [4.78, 5) is 26.0. The molecule has 0 aliphatic rings. The van der Waals surface area contributed by atoms with E-state index in [2.05, 4.69) is 10.1 Å². The minimum absolute atomic E-state index is 0.0502. The third kappa shape index (κ3) is 2.34. The molecule has 0 spiro atoms. The Morgan fingerprint density at radius 3 is 2.42 bits per heavy atom. The summed E-state index contributed by atoms with van der Waals surface area (Å²) in [6, 6.07) is 7.64. The normalized spacial score (nSPS) is 11.8. The van der Waals surface area contributed by atoms with Crippen molar-refractivity contribution in [2.24, 2.45) is 0 Å². The highest BCUT2D eigenvalue weighted by Gasteiger charge is 2.39. The number of nitrogens with one attached hydrogen (secondary N) is 1. The number of alkyl halides is 3. The standard InChI is InChI=1S/C15H10F3N3O3/c1-7-9(14(23)24)13(22)21-12(19-7)10(8-5-3-2-4-6-8)11(20-21)15(16,17)18/h2-6,19H,1H3,(H,23,24). The number of benzene rings is 1. The van der Waals surface area contributed by atoms with Crippen molar-refractivity contribution in [3.8, 4) is 11.1 Å². The lowest BCUT2D eigenvalue weighted by Gasteiger charge is -2.07. The van der Waals surface area contributed by atoms with Gasteiger partial charge in [0.2, 0.25) is 0 Å². The first-order chi connectivity index (χ1) is 11.2. The first kappa shape index (κ1) is 15.8. The van der Waals surface area contributed by atoms with Crippen molar-refractivity contribution in [3.63, 3.8) is 0 Å². The summed E-state index contributed by atoms with van der Waals surface area (Å²) in [6.45, 7) is 1.31. The van der Waals surface area contributed by atoms with E-state index in [9.17, 15) is 22.8 Å². The Bertz CT molecular complexity index is 1000. The number of halogens is 3. The highest BCUT2D eigenvalue weighted by molar-refractivity contribution is 5.89. The Morgan fingerprint density at radius 1 is 1.25 bits per heavy atom. The predicted molar refractivity (Wildman–Crippen MR) is 77.9 cm³/mol. The summed E-state index contributed by atoms with van der Waals surface area (Å²) in [5, 5.41) is 12.4. The number of aromatic nitrogens is 3. The van der Waals surface area contributed by atoms with Gasteiger partial charge in [0.15, 0.2) is 5.69 Å². The van der Waals surface area contributed by atoms with Gasteiger partial charge < -0.3 is 10.1 Å². The molecule has 0 aliphatic heterocycles. The van der Waals surface area contributed by atoms with E-state index in [1.165, 1.54) is 19.1 Å². The van der Waals surface area contributed by atoms with E-state index in [0.717, 1.165) is 0 Å². The molecule has 0 atom stereocenters. The number of rotatable bonds is 2. The van der Waals surface area contributed by atoms with Crippen molar-refractivity contribution in [1.82, 2.24) is 14.6 Å². The lowest BCUT2D eigenvalue weighted by molar-refractivity contribution is -0.140. The maximum absolute atomic E-state index is 13.4. The zero-order valence-electron chi connectivity index (χ0n) is 12.2. The van der Waals surface area contributed by atoms with Crippen LogP contribution in [0.5, 0.6) is 0 Å². The Hall–Kier alpha value is -3.10. The van der Waals surface area contributed by atoms with Gasteiger partial charge in [-0.05, 0) is 12.5 Å². The summed E-state index contributed by atoms with van der Waals surface area (Å²) in [5.41, 5.74) is -3.39. The molecule has 3 rings (SSSR count). The quantitative estimate of drug-likeness (QED) is 0.753. The minimum Gasteiger partial charge on any atom is -0.477 e. The highest BCUT2D eigenvalue weighted by atomic mass is 19.4. The van der Waals surface area contributed by atoms with Gasteiger partial charge in [-0.1, -0.05) is 30.3 Å². The molecule has 2 aromatic heterocycles. The molecule has 0 aliphatic carbocycles. The van der Waals surface area contributed by atoms with Crippen molar-refractivity contribution in [3.05, 3.63) is 57.6 Å². The zero-order chi connectivity index (χ0) is 17.6. The molecule has 9 heteroatoms. The fourth-order valence-corrected chi connectivity index (χ4v) is 2.52. The van der Waals surface area contributed by atoms with Gasteiger partial charge in [-0.25, -0.2) is 4.79 Å². The number of hydrogen-bond donors (Lipinski definition) is 2. The Balaban J connectivity index is 2.50. The average Bonchev–Trinajstić information content (AvgIpc) is 2.87. The lowest BCUT2D eigenvalue weighted by atomic mass is 10.1. The number of H-pyrrole nitrogens is 1. The first-order valence-electron chi connectivity index (χ1n) is 6.73. The van der Waals surface area contributed by atoms with E-state index in [0.29, 0.717) is 4.52 Å². The van der Waals surface area contributed by atoms with Crippen LogP contribution in [-0.2, 0) is 6.18 Å². The summed E-state index contributed by atoms with van der Waals surface area (Å²) in [7, 11) is 0. The third-order valence-electron chi connectivity index (χ3n) is 3.52. The summed E-state index contributed by atoms with van der Waals surface area (Å²) >= 11 is 0. The molecule has 1 aromatic carbocycles. The van der Waals surface area contributed by atoms with E-state index in [4.69, 9.17) is 5.11 Å². The lowest BCUT2D eigenvalue weighted by Crippen LogP contribution is -2.25. The van der Waals surface area contributed by atoms with Gasteiger partial charge in [-0.3, -0.25) is 4.79 Å². The molecular weight excluding hydrogens is 327 g/mol. The van der Waals surface area contributed by atoms with Gasteiger partial charge in [0.05, 0.1) is 5.56 Å². The topological polar surface area (TPSA) is 87.5 Å². The van der Waals surface area contributed by atoms with E-state index in [-0.39, 0.29) is 22.5 Å². The first-order valence-corrected chi connectivity index (χ1v) is 6.73. The number of nitrogens with zero attached hydrogens (tertiary/aromatic N) is 2. The molecule has 2 N–H and O–H groups in total. The maximum atomic E-state index is 13.4. The highest BCUT2D eigenvalue weighted by Crippen LogP contribution is 2.38. The van der Waals surface area contributed by atoms with Gasteiger partial charge in [-0.15, -0.1) is 0 Å². The van der Waals surface area contributed by atoms with E-state index < -0.39 is 29.0 Å². The average molecular weight is 337 g/mol. The number of fused-ring (bicyclic) bond motifs is 1. The largest absolute Gasteiger partial charge is 0.477 e. The number of aryl methyl sites for hydroxylation is 1. The van der Waals surface area contributed by atoms with Crippen LogP contribution in [0.3, 0.4) is 0 Å². The van der Waals surface area contributed by atoms with Crippen molar-refractivity contribution in [2.45, 2.75) is 13.1 Å². The molecule has 0 unspecified atom stereocenters. The van der Waals surface area contributed by atoms with Gasteiger partial charge in [0, 0.05) is 5.69 Å². The van der Waals surface area contributed by atoms with Crippen LogP contribution < -0.4 is 5.56 Å². The van der Waals surface area contributed by atoms with Crippen LogP contribution in [0.25, 0.3) is 16.8 Å². The molecule has 0 fully saturated rings. The number of carboxylic acid groups (broad SMARTS) is 1. The van der Waals surface area contributed by atoms with Crippen LogP contribution in [0, 0.1) is 6.92 Å². The molecule has 24 heavy (non-hydrogen) atoms. The fourth-order valence-electron chi connectivity index (χ4n) is 2.52. The van der Waals surface area contributed by atoms with Gasteiger partial charge in [0.25, 0.3) is 5.56 Å². The van der Waals surface area contributed by atoms with Crippen molar-refractivity contribution >= 4 is 11.6 Å². The van der Waals surface area contributed by atoms with Crippen LogP contribution in [0.1, 0.15) is 21.7 Å². The maximum Gasteiger partial charge on any atom is 0.435 e. The molecule has 0 saturated carbocycles. The Morgan fingerprint density at radius 2 is 1.88 bits per heavy atom. The van der Waals surface area contributed by atoms with Gasteiger partial charge >= 0.3 is 12.1 Å². The number of hydrogen-bond acceptors (Lipinski definition) is 3. The van der Waals surface area contributed by atoms with Crippen LogP contribution in [0.15, 0.2) is 35.1 Å². The van der Waals surface area contributed by atoms with Gasteiger partial charge in [0.1, 0.15) is 11.2 Å². The van der Waals surface area contributed by atoms with Gasteiger partial charge in [-0.2, -0.15) is 22.8 Å².